The predicted octanol–water partition coefficient (Wildman–Crippen LogP) is 3.33. The van der Waals surface area contributed by atoms with Crippen molar-refractivity contribution in [2.45, 2.75) is 53.7 Å². The molecule has 0 aliphatic heterocycles. The first-order chi connectivity index (χ1) is 10.6. The second kappa shape index (κ2) is 8.18. The summed E-state index contributed by atoms with van der Waals surface area (Å²) in [5.41, 5.74) is -0.722. The highest BCUT2D eigenvalue weighted by molar-refractivity contribution is 8.03. The molecular weight excluding hydrogens is 336 g/mol. The topological polar surface area (TPSA) is 78.7 Å². The van der Waals surface area contributed by atoms with Gasteiger partial charge in [-0.2, -0.15) is 5.26 Å². The highest BCUT2D eigenvalue weighted by Crippen LogP contribution is 2.39. The van der Waals surface area contributed by atoms with E-state index >= 15 is 0 Å². The van der Waals surface area contributed by atoms with Gasteiger partial charge in [0.15, 0.2) is 8.68 Å². The van der Waals surface area contributed by atoms with Gasteiger partial charge in [0, 0.05) is 5.75 Å². The summed E-state index contributed by atoms with van der Waals surface area (Å²) in [5.74, 6) is 1.52. The van der Waals surface area contributed by atoms with Crippen LogP contribution in [0.25, 0.3) is 0 Å². The van der Waals surface area contributed by atoms with Crippen LogP contribution in [0.3, 0.4) is 0 Å². The molecule has 1 aromatic rings. The average Bonchev–Trinajstić information content (AvgIpc) is 3.27. The molecule has 0 radical (unpaired) electrons. The molecule has 1 N–H and O–H groups in total. The number of nitriles is 1. The third kappa shape index (κ3) is 5.14. The van der Waals surface area contributed by atoms with E-state index in [1.54, 1.807) is 18.7 Å². The van der Waals surface area contributed by atoms with Crippen LogP contribution in [0.2, 0.25) is 0 Å². The van der Waals surface area contributed by atoms with E-state index in [0.29, 0.717) is 5.92 Å². The van der Waals surface area contributed by atoms with Crippen LogP contribution < -0.4 is 5.32 Å². The van der Waals surface area contributed by atoms with E-state index in [1.165, 1.54) is 35.9 Å². The summed E-state index contributed by atoms with van der Waals surface area (Å²) in [4.78, 5) is 12.0. The van der Waals surface area contributed by atoms with E-state index in [-0.39, 0.29) is 11.7 Å². The Bertz CT molecular complexity index is 553. The third-order valence-corrected chi connectivity index (χ3v) is 6.74. The third-order valence-electron chi connectivity index (χ3n) is 3.46. The lowest BCUT2D eigenvalue weighted by atomic mass is 9.98. The Labute approximate surface area is 143 Å². The van der Waals surface area contributed by atoms with Crippen LogP contribution in [0, 0.1) is 17.2 Å². The lowest BCUT2D eigenvalue weighted by Gasteiger charge is -2.22. The van der Waals surface area contributed by atoms with E-state index in [0.717, 1.165) is 27.3 Å². The minimum absolute atomic E-state index is 0.115. The summed E-state index contributed by atoms with van der Waals surface area (Å²) in [7, 11) is 0. The van der Waals surface area contributed by atoms with Crippen molar-refractivity contribution in [2.75, 3.05) is 11.5 Å². The summed E-state index contributed by atoms with van der Waals surface area (Å²) >= 11 is 4.62. The highest BCUT2D eigenvalue weighted by atomic mass is 32.2. The maximum absolute atomic E-state index is 12.0. The summed E-state index contributed by atoms with van der Waals surface area (Å²) in [6.07, 6.45) is 4.38. The molecule has 1 aliphatic carbocycles. The van der Waals surface area contributed by atoms with Crippen LogP contribution >= 0.6 is 34.9 Å². The molecule has 0 spiro atoms. The van der Waals surface area contributed by atoms with Crippen LogP contribution in [0.1, 0.15) is 39.5 Å². The van der Waals surface area contributed by atoms with E-state index in [9.17, 15) is 10.1 Å². The molecule has 0 bridgehead atoms. The first-order valence-electron chi connectivity index (χ1n) is 7.38. The largest absolute Gasteiger partial charge is 0.337 e. The van der Waals surface area contributed by atoms with Crippen LogP contribution in [0.5, 0.6) is 0 Å². The van der Waals surface area contributed by atoms with Gasteiger partial charge in [0.1, 0.15) is 5.54 Å². The molecule has 1 aliphatic rings. The van der Waals surface area contributed by atoms with Crippen LogP contribution in [0.4, 0.5) is 0 Å². The van der Waals surface area contributed by atoms with Crippen LogP contribution in [-0.4, -0.2) is 33.1 Å². The van der Waals surface area contributed by atoms with Gasteiger partial charge in [-0.3, -0.25) is 4.79 Å². The number of nitrogens with one attached hydrogen (secondary N) is 1. The van der Waals surface area contributed by atoms with Gasteiger partial charge in [0.2, 0.25) is 5.91 Å². The molecule has 1 saturated carbocycles. The number of hydrogen-bond donors (Lipinski definition) is 1. The van der Waals surface area contributed by atoms with Gasteiger partial charge in [-0.1, -0.05) is 48.2 Å². The maximum Gasteiger partial charge on any atom is 0.231 e. The molecule has 1 amide bonds. The molecule has 120 valence electrons. The number of hydrogen-bond acceptors (Lipinski definition) is 7. The number of thioether (sulfide) groups is 2. The molecule has 1 heterocycles. The smallest absolute Gasteiger partial charge is 0.231 e. The van der Waals surface area contributed by atoms with Crippen molar-refractivity contribution in [1.29, 1.82) is 5.26 Å². The Morgan fingerprint density at radius 2 is 2.14 bits per heavy atom. The lowest BCUT2D eigenvalue weighted by Crippen LogP contribution is -2.47. The molecule has 0 aromatic carbocycles. The van der Waals surface area contributed by atoms with Crippen molar-refractivity contribution in [3.05, 3.63) is 0 Å². The van der Waals surface area contributed by atoms with Crippen molar-refractivity contribution in [3.63, 3.8) is 0 Å². The quantitative estimate of drug-likeness (QED) is 0.540. The lowest BCUT2D eigenvalue weighted by molar-refractivity contribution is -0.119. The van der Waals surface area contributed by atoms with Gasteiger partial charge < -0.3 is 5.32 Å². The first-order valence-corrected chi connectivity index (χ1v) is 10.2. The number of carbonyl (C=O) groups is 1. The van der Waals surface area contributed by atoms with E-state index in [1.807, 2.05) is 0 Å². The molecule has 1 atom stereocenters. The van der Waals surface area contributed by atoms with Crippen molar-refractivity contribution in [1.82, 2.24) is 15.5 Å². The maximum atomic E-state index is 12.0. The summed E-state index contributed by atoms with van der Waals surface area (Å²) < 4.78 is 1.76. The summed E-state index contributed by atoms with van der Waals surface area (Å²) in [6, 6.07) is 2.23. The molecule has 1 fully saturated rings. The Morgan fingerprint density at radius 1 is 1.45 bits per heavy atom. The van der Waals surface area contributed by atoms with Gasteiger partial charge in [-0.25, -0.2) is 0 Å². The number of nitrogens with zero attached hydrogens (tertiary/aromatic N) is 3. The fourth-order valence-electron chi connectivity index (χ4n) is 1.95. The number of rotatable bonds is 9. The number of amides is 1. The fourth-order valence-corrected chi connectivity index (χ4v) is 4.93. The molecule has 1 aromatic heterocycles. The van der Waals surface area contributed by atoms with Gasteiger partial charge >= 0.3 is 0 Å². The second-order valence-corrected chi connectivity index (χ2v) is 9.00. The van der Waals surface area contributed by atoms with Gasteiger partial charge in [0.25, 0.3) is 0 Å². The molecule has 8 heteroatoms. The predicted molar refractivity (Wildman–Crippen MR) is 91.1 cm³/mol. The standard InChI is InChI=1S/C14H20N4OS3/c1-3-4-7-20-12-17-18-13(22-12)21-8-11(19)16-14(2,9-15)10-5-6-10/h10H,3-8H2,1-2H3,(H,16,19). The van der Waals surface area contributed by atoms with Crippen LogP contribution in [0.15, 0.2) is 8.68 Å². The van der Waals surface area contributed by atoms with Gasteiger partial charge in [-0.05, 0) is 32.1 Å². The molecule has 5 nitrogen and oxygen atoms in total. The average molecular weight is 357 g/mol. The Morgan fingerprint density at radius 3 is 2.73 bits per heavy atom. The zero-order valence-electron chi connectivity index (χ0n) is 12.8. The van der Waals surface area contributed by atoms with Crippen LogP contribution in [-0.2, 0) is 4.79 Å². The zero-order valence-corrected chi connectivity index (χ0v) is 15.2. The van der Waals surface area contributed by atoms with Crippen molar-refractivity contribution in [2.24, 2.45) is 5.92 Å². The zero-order chi connectivity index (χ0) is 16.0. The monoisotopic (exact) mass is 356 g/mol. The van der Waals surface area contributed by atoms with Gasteiger partial charge in [-0.15, -0.1) is 10.2 Å². The normalized spacial score (nSPS) is 16.8. The SMILES string of the molecule is CCCCSc1nnc(SCC(=O)NC(C)(C#N)C2CC2)s1. The van der Waals surface area contributed by atoms with E-state index in [4.69, 9.17) is 0 Å². The summed E-state index contributed by atoms with van der Waals surface area (Å²) in [5, 5.41) is 20.3. The minimum Gasteiger partial charge on any atom is -0.337 e. The second-order valence-electron chi connectivity index (χ2n) is 5.46. The molecule has 0 saturated heterocycles. The fraction of sp³-hybridized carbons (Fsp3) is 0.714. The molecule has 1 unspecified atom stereocenters. The number of unbranched alkanes of at least 4 members (excludes halogenated alkanes) is 1. The van der Waals surface area contributed by atoms with Crippen molar-refractivity contribution >= 4 is 40.8 Å². The summed E-state index contributed by atoms with van der Waals surface area (Å²) in [6.45, 7) is 3.97. The number of carbonyl (C=O) groups excluding carboxylic acids is 1. The minimum atomic E-state index is -0.722. The molecule has 2 rings (SSSR count). The van der Waals surface area contributed by atoms with Crippen molar-refractivity contribution in [3.8, 4) is 6.07 Å². The Hall–Kier alpha value is -0.780. The van der Waals surface area contributed by atoms with E-state index < -0.39 is 5.54 Å². The molecule has 22 heavy (non-hydrogen) atoms. The Balaban J connectivity index is 1.75. The Kier molecular flexibility index (Phi) is 6.53. The van der Waals surface area contributed by atoms with E-state index in [2.05, 4.69) is 28.5 Å². The molecular formula is C14H20N4OS3. The number of aromatic nitrogens is 2. The first kappa shape index (κ1) is 17.6. The highest BCUT2D eigenvalue weighted by Gasteiger charge is 2.42. The van der Waals surface area contributed by atoms with Gasteiger partial charge in [0.05, 0.1) is 11.8 Å². The van der Waals surface area contributed by atoms with Crippen molar-refractivity contribution < 1.29 is 4.79 Å².